The summed E-state index contributed by atoms with van der Waals surface area (Å²) in [5.41, 5.74) is 7.13. The minimum Gasteiger partial charge on any atom is -0.290 e. The van der Waals surface area contributed by atoms with Gasteiger partial charge in [0.1, 0.15) is 0 Å². The first-order valence-electron chi connectivity index (χ1n) is 10.6. The summed E-state index contributed by atoms with van der Waals surface area (Å²) in [6, 6.07) is 32.5. The van der Waals surface area contributed by atoms with Crippen LogP contribution >= 0.6 is 11.6 Å². The Morgan fingerprint density at radius 2 is 1.59 bits per heavy atom. The number of rotatable bonds is 3. The van der Waals surface area contributed by atoms with Gasteiger partial charge in [0.25, 0.3) is 0 Å². The molecule has 0 bridgehead atoms. The fourth-order valence-electron chi connectivity index (χ4n) is 4.69. The van der Waals surface area contributed by atoms with Crippen molar-refractivity contribution >= 4 is 28.4 Å². The third-order valence-corrected chi connectivity index (χ3v) is 6.42. The van der Waals surface area contributed by atoms with E-state index in [1.807, 2.05) is 53.1 Å². The van der Waals surface area contributed by atoms with Crippen molar-refractivity contribution in [2.45, 2.75) is 12.3 Å². The zero-order valence-electron chi connectivity index (χ0n) is 17.2. The maximum absolute atomic E-state index is 13.7. The van der Waals surface area contributed by atoms with E-state index in [9.17, 15) is 4.79 Å². The van der Waals surface area contributed by atoms with Crippen LogP contribution in [0, 0.1) is 0 Å². The number of imidazole rings is 1. The maximum Gasteiger partial charge on any atom is 0.206 e. The van der Waals surface area contributed by atoms with Gasteiger partial charge in [0.05, 0.1) is 22.6 Å². The molecule has 5 aromatic rings. The van der Waals surface area contributed by atoms with Gasteiger partial charge >= 0.3 is 0 Å². The number of para-hydroxylation sites is 1. The number of fused-ring (bicyclic) bond motifs is 5. The number of aromatic nitrogens is 2. The SMILES string of the molecule is O=C1c2nc3cc(Cl)ccc3n2-c2ccccc2C1Cc1cccc(-c2ccccc2)c1. The first-order valence-corrected chi connectivity index (χ1v) is 11.0. The van der Waals surface area contributed by atoms with E-state index in [-0.39, 0.29) is 11.7 Å². The molecule has 2 heterocycles. The molecule has 1 aliphatic heterocycles. The Labute approximate surface area is 190 Å². The van der Waals surface area contributed by atoms with Crippen LogP contribution in [0.25, 0.3) is 27.8 Å². The van der Waals surface area contributed by atoms with Gasteiger partial charge in [0.15, 0.2) is 5.82 Å². The molecule has 0 amide bonds. The van der Waals surface area contributed by atoms with Crippen molar-refractivity contribution in [1.29, 1.82) is 0 Å². The van der Waals surface area contributed by atoms with Gasteiger partial charge < -0.3 is 0 Å². The number of carbonyl (C=O) groups is 1. The highest BCUT2D eigenvalue weighted by atomic mass is 35.5. The lowest BCUT2D eigenvalue weighted by molar-refractivity contribution is 0.0942. The number of hydrogen-bond donors (Lipinski definition) is 0. The lowest BCUT2D eigenvalue weighted by atomic mass is 9.84. The van der Waals surface area contributed by atoms with Gasteiger partial charge in [0.2, 0.25) is 5.78 Å². The van der Waals surface area contributed by atoms with Crippen LogP contribution in [0.4, 0.5) is 0 Å². The quantitative estimate of drug-likeness (QED) is 0.310. The Bertz CT molecular complexity index is 1490. The molecule has 6 rings (SSSR count). The predicted molar refractivity (Wildman–Crippen MR) is 129 cm³/mol. The number of carbonyl (C=O) groups excluding carboxylic acids is 1. The van der Waals surface area contributed by atoms with Crippen molar-refractivity contribution in [3.8, 4) is 16.8 Å². The summed E-state index contributed by atoms with van der Waals surface area (Å²) in [4.78, 5) is 18.4. The lowest BCUT2D eigenvalue weighted by Gasteiger charge is -2.26. The number of benzene rings is 4. The fourth-order valence-corrected chi connectivity index (χ4v) is 4.86. The summed E-state index contributed by atoms with van der Waals surface area (Å²) >= 11 is 6.19. The molecule has 1 unspecified atom stereocenters. The smallest absolute Gasteiger partial charge is 0.206 e. The Morgan fingerprint density at radius 3 is 2.47 bits per heavy atom. The van der Waals surface area contributed by atoms with Gasteiger partial charge in [-0.15, -0.1) is 0 Å². The molecule has 0 fully saturated rings. The highest BCUT2D eigenvalue weighted by Gasteiger charge is 2.34. The average molecular weight is 435 g/mol. The first-order chi connectivity index (χ1) is 15.7. The van der Waals surface area contributed by atoms with Crippen molar-refractivity contribution in [2.24, 2.45) is 0 Å². The van der Waals surface area contributed by atoms with E-state index in [2.05, 4.69) is 53.5 Å². The minimum absolute atomic E-state index is 0.0427. The molecule has 0 saturated carbocycles. The van der Waals surface area contributed by atoms with E-state index < -0.39 is 0 Å². The van der Waals surface area contributed by atoms with E-state index in [1.54, 1.807) is 0 Å². The van der Waals surface area contributed by atoms with Crippen molar-refractivity contribution in [2.75, 3.05) is 0 Å². The molecular formula is C28H19ClN2O. The predicted octanol–water partition coefficient (Wildman–Crippen LogP) is 6.87. The number of halogens is 1. The molecular weight excluding hydrogens is 416 g/mol. The summed E-state index contributed by atoms with van der Waals surface area (Å²) in [5, 5.41) is 0.614. The van der Waals surface area contributed by atoms with Crippen molar-refractivity contribution in [1.82, 2.24) is 9.55 Å². The maximum atomic E-state index is 13.7. The van der Waals surface area contributed by atoms with Gasteiger partial charge in [-0.3, -0.25) is 9.36 Å². The molecule has 0 aliphatic carbocycles. The summed E-state index contributed by atoms with van der Waals surface area (Å²) in [5.74, 6) is 0.239. The molecule has 0 N–H and O–H groups in total. The Balaban J connectivity index is 1.45. The van der Waals surface area contributed by atoms with Crippen LogP contribution in [0.5, 0.6) is 0 Å². The number of hydrogen-bond acceptors (Lipinski definition) is 2. The van der Waals surface area contributed by atoms with Crippen LogP contribution < -0.4 is 0 Å². The molecule has 4 aromatic carbocycles. The van der Waals surface area contributed by atoms with Crippen LogP contribution in [-0.4, -0.2) is 15.3 Å². The highest BCUT2D eigenvalue weighted by Crippen LogP contribution is 2.38. The molecule has 0 radical (unpaired) electrons. The topological polar surface area (TPSA) is 34.9 Å². The first kappa shape index (κ1) is 19.0. The summed E-state index contributed by atoms with van der Waals surface area (Å²) < 4.78 is 1.97. The normalized spacial score (nSPS) is 14.9. The second-order valence-corrected chi connectivity index (χ2v) is 8.59. The third-order valence-electron chi connectivity index (χ3n) is 6.18. The molecule has 1 atom stereocenters. The minimum atomic E-state index is -0.281. The largest absolute Gasteiger partial charge is 0.290 e. The van der Waals surface area contributed by atoms with E-state index in [0.29, 0.717) is 17.3 Å². The zero-order chi connectivity index (χ0) is 21.7. The van der Waals surface area contributed by atoms with Crippen molar-refractivity contribution < 1.29 is 4.79 Å². The van der Waals surface area contributed by atoms with Crippen LogP contribution in [0.1, 0.15) is 27.7 Å². The molecule has 1 aromatic heterocycles. The second kappa shape index (κ2) is 7.47. The fraction of sp³-hybridized carbons (Fsp3) is 0.0714. The molecule has 3 nitrogen and oxygen atoms in total. The molecule has 4 heteroatoms. The number of nitrogens with zero attached hydrogens (tertiary/aromatic N) is 2. The number of ketones is 1. The van der Waals surface area contributed by atoms with Gasteiger partial charge in [-0.25, -0.2) is 4.98 Å². The van der Waals surface area contributed by atoms with Crippen molar-refractivity contribution in [3.05, 3.63) is 119 Å². The van der Waals surface area contributed by atoms with E-state index >= 15 is 0 Å². The Hall–Kier alpha value is -3.69. The summed E-state index contributed by atoms with van der Waals surface area (Å²) in [7, 11) is 0. The molecule has 154 valence electrons. The third kappa shape index (κ3) is 3.05. The van der Waals surface area contributed by atoms with Gasteiger partial charge in [-0.1, -0.05) is 84.4 Å². The summed E-state index contributed by atoms with van der Waals surface area (Å²) in [6.07, 6.45) is 0.625. The van der Waals surface area contributed by atoms with Gasteiger partial charge in [-0.2, -0.15) is 0 Å². The van der Waals surface area contributed by atoms with Gasteiger partial charge in [0, 0.05) is 5.02 Å². The second-order valence-electron chi connectivity index (χ2n) is 8.15. The molecule has 1 aliphatic rings. The highest BCUT2D eigenvalue weighted by molar-refractivity contribution is 6.31. The molecule has 0 saturated heterocycles. The summed E-state index contributed by atoms with van der Waals surface area (Å²) in [6.45, 7) is 0. The van der Waals surface area contributed by atoms with Gasteiger partial charge in [-0.05, 0) is 52.9 Å². The molecule has 0 spiro atoms. The number of Topliss-reactive ketones (excluding diaryl/α,β-unsaturated/α-hetero) is 1. The monoisotopic (exact) mass is 434 g/mol. The van der Waals surface area contributed by atoms with E-state index in [1.165, 1.54) is 5.56 Å². The zero-order valence-corrected chi connectivity index (χ0v) is 18.0. The van der Waals surface area contributed by atoms with Crippen molar-refractivity contribution in [3.63, 3.8) is 0 Å². The standard InChI is InChI=1S/C28H19ClN2O/c29-21-13-14-26-24(17-21)30-28-27(32)23(22-11-4-5-12-25(22)31(26)28)16-18-7-6-10-20(15-18)19-8-2-1-3-9-19/h1-15,17,23H,16H2. The lowest BCUT2D eigenvalue weighted by Crippen LogP contribution is -2.26. The average Bonchev–Trinajstić information content (AvgIpc) is 3.21. The Kier molecular flexibility index (Phi) is 4.44. The van der Waals surface area contributed by atoms with E-state index in [0.717, 1.165) is 33.4 Å². The van der Waals surface area contributed by atoms with Crippen LogP contribution in [-0.2, 0) is 6.42 Å². The van der Waals surface area contributed by atoms with Crippen LogP contribution in [0.3, 0.4) is 0 Å². The van der Waals surface area contributed by atoms with Crippen LogP contribution in [0.2, 0.25) is 5.02 Å². The Morgan fingerprint density at radius 1 is 0.812 bits per heavy atom. The van der Waals surface area contributed by atoms with Crippen LogP contribution in [0.15, 0.2) is 97.1 Å². The molecule has 32 heavy (non-hydrogen) atoms. The van der Waals surface area contributed by atoms with E-state index in [4.69, 9.17) is 11.6 Å².